The number of hydrogen-bond acceptors (Lipinski definition) is 4. The molecule has 0 saturated heterocycles. The van der Waals surface area contributed by atoms with E-state index in [0.717, 1.165) is 4.31 Å². The first kappa shape index (κ1) is 15.9. The summed E-state index contributed by atoms with van der Waals surface area (Å²) in [6.45, 7) is 1.99. The van der Waals surface area contributed by atoms with Gasteiger partial charge < -0.3 is 11.1 Å². The highest BCUT2D eigenvalue weighted by atomic mass is 79.9. The van der Waals surface area contributed by atoms with Crippen LogP contribution in [0.3, 0.4) is 0 Å². The SMILES string of the molecule is CCNC(=O)CN(C)S(=O)(=O)c1ccc(N)cc1Br. The summed E-state index contributed by atoms with van der Waals surface area (Å²) in [6.07, 6.45) is 0. The van der Waals surface area contributed by atoms with Crippen molar-refractivity contribution >= 4 is 37.5 Å². The van der Waals surface area contributed by atoms with E-state index in [0.29, 0.717) is 16.7 Å². The fourth-order valence-electron chi connectivity index (χ4n) is 1.43. The molecule has 0 radical (unpaired) electrons. The molecule has 106 valence electrons. The molecular weight excluding hydrogens is 334 g/mol. The van der Waals surface area contributed by atoms with Gasteiger partial charge in [-0.3, -0.25) is 4.79 Å². The van der Waals surface area contributed by atoms with E-state index >= 15 is 0 Å². The van der Waals surface area contributed by atoms with Gasteiger partial charge in [0.2, 0.25) is 15.9 Å². The van der Waals surface area contributed by atoms with Crippen molar-refractivity contribution in [2.75, 3.05) is 25.9 Å². The first-order chi connectivity index (χ1) is 8.78. The summed E-state index contributed by atoms with van der Waals surface area (Å²) < 4.78 is 25.9. The van der Waals surface area contributed by atoms with Crippen LogP contribution in [0.25, 0.3) is 0 Å². The highest BCUT2D eigenvalue weighted by molar-refractivity contribution is 9.10. The molecule has 0 aromatic heterocycles. The van der Waals surface area contributed by atoms with Crippen molar-refractivity contribution in [3.63, 3.8) is 0 Å². The molecule has 0 saturated carbocycles. The quantitative estimate of drug-likeness (QED) is 0.768. The Kier molecular flexibility index (Phi) is 5.33. The molecule has 0 aliphatic heterocycles. The van der Waals surface area contributed by atoms with Crippen LogP contribution in [-0.4, -0.2) is 38.8 Å². The van der Waals surface area contributed by atoms with Gasteiger partial charge in [0.1, 0.15) is 0 Å². The van der Waals surface area contributed by atoms with Gasteiger partial charge in [-0.05, 0) is 41.1 Å². The van der Waals surface area contributed by atoms with Crippen molar-refractivity contribution in [2.24, 2.45) is 0 Å². The van der Waals surface area contributed by atoms with E-state index in [9.17, 15) is 13.2 Å². The Morgan fingerprint density at radius 3 is 2.63 bits per heavy atom. The average Bonchev–Trinajstić information content (AvgIpc) is 2.28. The molecule has 3 N–H and O–H groups in total. The maximum Gasteiger partial charge on any atom is 0.244 e. The first-order valence-electron chi connectivity index (χ1n) is 5.57. The van der Waals surface area contributed by atoms with Gasteiger partial charge in [0.15, 0.2) is 0 Å². The molecule has 0 spiro atoms. The van der Waals surface area contributed by atoms with Gasteiger partial charge in [-0.15, -0.1) is 0 Å². The van der Waals surface area contributed by atoms with Crippen molar-refractivity contribution in [1.82, 2.24) is 9.62 Å². The normalized spacial score (nSPS) is 11.6. The smallest absolute Gasteiger partial charge is 0.244 e. The minimum Gasteiger partial charge on any atom is -0.399 e. The molecule has 1 amide bonds. The maximum absolute atomic E-state index is 12.3. The molecule has 1 aromatic rings. The number of rotatable bonds is 5. The number of halogens is 1. The molecule has 0 fully saturated rings. The highest BCUT2D eigenvalue weighted by Gasteiger charge is 2.24. The van der Waals surface area contributed by atoms with E-state index in [1.54, 1.807) is 6.92 Å². The molecule has 0 heterocycles. The summed E-state index contributed by atoms with van der Waals surface area (Å²) in [6, 6.07) is 4.41. The second-order valence-corrected chi connectivity index (χ2v) is 6.77. The maximum atomic E-state index is 12.3. The molecule has 0 bridgehead atoms. The lowest BCUT2D eigenvalue weighted by atomic mass is 10.3. The van der Waals surface area contributed by atoms with Gasteiger partial charge in [0, 0.05) is 23.8 Å². The van der Waals surface area contributed by atoms with Crippen molar-refractivity contribution < 1.29 is 13.2 Å². The minimum absolute atomic E-state index is 0.0773. The van der Waals surface area contributed by atoms with E-state index < -0.39 is 10.0 Å². The Balaban J connectivity index is 3.00. The fraction of sp³-hybridized carbons (Fsp3) is 0.364. The van der Waals surface area contributed by atoms with Crippen LogP contribution >= 0.6 is 15.9 Å². The number of nitrogens with zero attached hydrogens (tertiary/aromatic N) is 1. The number of amides is 1. The Morgan fingerprint density at radius 2 is 2.11 bits per heavy atom. The third-order valence-electron chi connectivity index (χ3n) is 2.38. The molecule has 0 aliphatic carbocycles. The van der Waals surface area contributed by atoms with Crippen molar-refractivity contribution in [3.05, 3.63) is 22.7 Å². The summed E-state index contributed by atoms with van der Waals surface area (Å²) >= 11 is 3.16. The summed E-state index contributed by atoms with van der Waals surface area (Å²) in [4.78, 5) is 11.5. The number of carbonyl (C=O) groups excluding carboxylic acids is 1. The van der Waals surface area contributed by atoms with E-state index in [2.05, 4.69) is 21.2 Å². The fourth-order valence-corrected chi connectivity index (χ4v) is 3.61. The Hall–Kier alpha value is -1.12. The number of benzene rings is 1. The summed E-state index contributed by atoms with van der Waals surface area (Å²) in [5, 5.41) is 2.55. The minimum atomic E-state index is -3.73. The summed E-state index contributed by atoms with van der Waals surface area (Å²) in [5.41, 5.74) is 6.02. The number of likely N-dealkylation sites (N-methyl/N-ethyl adjacent to an activating group) is 2. The largest absolute Gasteiger partial charge is 0.399 e. The monoisotopic (exact) mass is 349 g/mol. The van der Waals surface area contributed by atoms with Crippen LogP contribution in [0.5, 0.6) is 0 Å². The lowest BCUT2D eigenvalue weighted by Crippen LogP contribution is -2.38. The van der Waals surface area contributed by atoms with E-state index in [4.69, 9.17) is 5.73 Å². The number of nitrogens with one attached hydrogen (secondary N) is 1. The van der Waals surface area contributed by atoms with Crippen molar-refractivity contribution in [2.45, 2.75) is 11.8 Å². The van der Waals surface area contributed by atoms with E-state index in [1.165, 1.54) is 25.2 Å². The van der Waals surface area contributed by atoms with Crippen LogP contribution in [0, 0.1) is 0 Å². The highest BCUT2D eigenvalue weighted by Crippen LogP contribution is 2.26. The second kappa shape index (κ2) is 6.36. The van der Waals surface area contributed by atoms with Crippen LogP contribution in [0.2, 0.25) is 0 Å². The van der Waals surface area contributed by atoms with Crippen LogP contribution in [0.1, 0.15) is 6.92 Å². The average molecular weight is 350 g/mol. The molecule has 6 nitrogen and oxygen atoms in total. The lowest BCUT2D eigenvalue weighted by molar-refractivity contribution is -0.121. The molecule has 8 heteroatoms. The molecule has 0 aliphatic rings. The third kappa shape index (κ3) is 3.92. The Bertz CT molecular complexity index is 575. The van der Waals surface area contributed by atoms with Gasteiger partial charge >= 0.3 is 0 Å². The molecule has 1 aromatic carbocycles. The molecule has 0 atom stereocenters. The number of sulfonamides is 1. The van der Waals surface area contributed by atoms with Gasteiger partial charge in [0.05, 0.1) is 11.4 Å². The molecular formula is C11H16BrN3O3S. The predicted octanol–water partition coefficient (Wildman–Crippen LogP) is 0.788. The van der Waals surface area contributed by atoms with Crippen LogP contribution < -0.4 is 11.1 Å². The van der Waals surface area contributed by atoms with Gasteiger partial charge in [-0.2, -0.15) is 4.31 Å². The van der Waals surface area contributed by atoms with Crippen LogP contribution in [-0.2, 0) is 14.8 Å². The zero-order valence-electron chi connectivity index (χ0n) is 10.7. The molecule has 0 unspecified atom stereocenters. The van der Waals surface area contributed by atoms with Gasteiger partial charge in [-0.1, -0.05) is 0 Å². The Morgan fingerprint density at radius 1 is 1.47 bits per heavy atom. The number of carbonyl (C=O) groups is 1. The Labute approximate surface area is 121 Å². The lowest BCUT2D eigenvalue weighted by Gasteiger charge is -2.17. The number of hydrogen-bond donors (Lipinski definition) is 2. The van der Waals surface area contributed by atoms with Crippen molar-refractivity contribution in [1.29, 1.82) is 0 Å². The number of anilines is 1. The second-order valence-electron chi connectivity index (χ2n) is 3.90. The molecule has 19 heavy (non-hydrogen) atoms. The zero-order chi connectivity index (χ0) is 14.6. The standard InChI is InChI=1S/C11H16BrN3O3S/c1-3-14-11(16)7-15(2)19(17,18)10-5-4-8(13)6-9(10)12/h4-6H,3,7,13H2,1-2H3,(H,14,16). The molecule has 1 rings (SSSR count). The third-order valence-corrected chi connectivity index (χ3v) is 5.16. The predicted molar refractivity (Wildman–Crippen MR) is 77.1 cm³/mol. The van der Waals surface area contributed by atoms with E-state index in [-0.39, 0.29) is 17.3 Å². The zero-order valence-corrected chi connectivity index (χ0v) is 13.1. The van der Waals surface area contributed by atoms with Crippen molar-refractivity contribution in [3.8, 4) is 0 Å². The van der Waals surface area contributed by atoms with Crippen LogP contribution in [0.4, 0.5) is 5.69 Å². The summed E-state index contributed by atoms with van der Waals surface area (Å²) in [7, 11) is -2.38. The van der Waals surface area contributed by atoms with Crippen LogP contribution in [0.15, 0.2) is 27.6 Å². The first-order valence-corrected chi connectivity index (χ1v) is 7.80. The van der Waals surface area contributed by atoms with Gasteiger partial charge in [-0.25, -0.2) is 8.42 Å². The van der Waals surface area contributed by atoms with Gasteiger partial charge in [0.25, 0.3) is 0 Å². The summed E-state index contributed by atoms with van der Waals surface area (Å²) in [5.74, 6) is -0.347. The number of nitrogens with two attached hydrogens (primary N) is 1. The topological polar surface area (TPSA) is 92.5 Å². The number of nitrogen functional groups attached to an aromatic ring is 1. The van der Waals surface area contributed by atoms with E-state index in [1.807, 2.05) is 0 Å².